The molecule has 2 heterocycles. The number of fused-ring (bicyclic) bond motifs is 3. The Labute approximate surface area is 147 Å². The van der Waals surface area contributed by atoms with Gasteiger partial charge in [0.05, 0.1) is 31.8 Å². The number of nitrogens with zero attached hydrogens (tertiary/aromatic N) is 1. The van der Waals surface area contributed by atoms with Crippen molar-refractivity contribution in [3.05, 3.63) is 36.4 Å². The normalized spacial score (nSPS) is 27.2. The van der Waals surface area contributed by atoms with E-state index in [1.165, 1.54) is 0 Å². The molecule has 134 valence electrons. The number of amides is 1. The summed E-state index contributed by atoms with van der Waals surface area (Å²) in [6.07, 6.45) is 3.93. The van der Waals surface area contributed by atoms with Gasteiger partial charge in [-0.25, -0.2) is 0 Å². The Balaban J connectivity index is 1.47. The molecule has 25 heavy (non-hydrogen) atoms. The quantitative estimate of drug-likeness (QED) is 0.763. The molecule has 0 radical (unpaired) electrons. The van der Waals surface area contributed by atoms with Gasteiger partial charge in [0.15, 0.2) is 11.5 Å². The van der Waals surface area contributed by atoms with Crippen molar-refractivity contribution >= 4 is 5.91 Å². The van der Waals surface area contributed by atoms with Crippen molar-refractivity contribution in [3.63, 3.8) is 0 Å². The number of ether oxygens (including phenoxy) is 4. The average Bonchev–Trinajstić information content (AvgIpc) is 3.16. The van der Waals surface area contributed by atoms with Gasteiger partial charge in [0.1, 0.15) is 6.10 Å². The van der Waals surface area contributed by atoms with E-state index in [0.29, 0.717) is 31.9 Å². The molecule has 0 aromatic heterocycles. The summed E-state index contributed by atoms with van der Waals surface area (Å²) in [5, 5.41) is 0. The van der Waals surface area contributed by atoms with Gasteiger partial charge in [-0.05, 0) is 30.5 Å². The lowest BCUT2D eigenvalue weighted by Gasteiger charge is -2.31. The molecule has 2 bridgehead atoms. The number of hydrogen-bond donors (Lipinski definition) is 0. The molecule has 6 nitrogen and oxygen atoms in total. The lowest BCUT2D eigenvalue weighted by atomic mass is 10.1. The second-order valence-corrected chi connectivity index (χ2v) is 6.59. The molecule has 6 heteroatoms. The molecule has 1 aliphatic carbocycles. The molecule has 3 unspecified atom stereocenters. The molecule has 2 aliphatic heterocycles. The van der Waals surface area contributed by atoms with Crippen LogP contribution in [0.2, 0.25) is 0 Å². The van der Waals surface area contributed by atoms with Crippen LogP contribution in [0.5, 0.6) is 11.5 Å². The summed E-state index contributed by atoms with van der Waals surface area (Å²) in [5.41, 5.74) is 0.928. The van der Waals surface area contributed by atoms with Crippen LogP contribution in [0, 0.1) is 0 Å². The highest BCUT2D eigenvalue weighted by Crippen LogP contribution is 2.34. The molecule has 1 amide bonds. The molecule has 1 aromatic rings. The molecule has 1 aromatic carbocycles. The van der Waals surface area contributed by atoms with Crippen molar-refractivity contribution < 1.29 is 23.7 Å². The van der Waals surface area contributed by atoms with Crippen molar-refractivity contribution in [2.24, 2.45) is 0 Å². The van der Waals surface area contributed by atoms with Crippen molar-refractivity contribution in [3.8, 4) is 11.5 Å². The Kier molecular flexibility index (Phi) is 4.63. The van der Waals surface area contributed by atoms with Gasteiger partial charge in [-0.2, -0.15) is 0 Å². The third-order valence-electron chi connectivity index (χ3n) is 5.08. The number of carbonyl (C=O) groups excluding carboxylic acids is 1. The minimum Gasteiger partial charge on any atom is -0.454 e. The van der Waals surface area contributed by atoms with Crippen molar-refractivity contribution in [1.29, 1.82) is 0 Å². The summed E-state index contributed by atoms with van der Waals surface area (Å²) < 4.78 is 22.5. The van der Waals surface area contributed by atoms with E-state index in [4.69, 9.17) is 18.9 Å². The maximum Gasteiger partial charge on any atom is 0.231 e. The van der Waals surface area contributed by atoms with Crippen LogP contribution >= 0.6 is 0 Å². The van der Waals surface area contributed by atoms with Crippen molar-refractivity contribution in [2.45, 2.75) is 37.5 Å². The first-order valence-corrected chi connectivity index (χ1v) is 8.78. The molecular weight excluding hydrogens is 322 g/mol. The topological polar surface area (TPSA) is 57.2 Å². The van der Waals surface area contributed by atoms with Crippen LogP contribution in [0.3, 0.4) is 0 Å². The zero-order valence-corrected chi connectivity index (χ0v) is 14.2. The minimum atomic E-state index is -0.0683. The summed E-state index contributed by atoms with van der Waals surface area (Å²) in [5.74, 6) is 1.54. The second-order valence-electron chi connectivity index (χ2n) is 6.59. The van der Waals surface area contributed by atoms with Gasteiger partial charge in [-0.15, -0.1) is 6.58 Å². The van der Waals surface area contributed by atoms with Crippen LogP contribution in [0.25, 0.3) is 0 Å². The number of carbonyl (C=O) groups is 1. The van der Waals surface area contributed by atoms with Crippen molar-refractivity contribution in [2.75, 3.05) is 26.6 Å². The summed E-state index contributed by atoms with van der Waals surface area (Å²) >= 11 is 0. The van der Waals surface area contributed by atoms with E-state index in [9.17, 15) is 4.79 Å². The Morgan fingerprint density at radius 1 is 1.32 bits per heavy atom. The van der Waals surface area contributed by atoms with Crippen LogP contribution < -0.4 is 9.47 Å². The predicted molar refractivity (Wildman–Crippen MR) is 90.7 cm³/mol. The molecule has 2 fully saturated rings. The Hall–Kier alpha value is -2.05. The van der Waals surface area contributed by atoms with E-state index in [1.54, 1.807) is 6.08 Å². The third-order valence-corrected chi connectivity index (χ3v) is 5.08. The maximum absolute atomic E-state index is 13.0. The third kappa shape index (κ3) is 3.24. The lowest BCUT2D eigenvalue weighted by molar-refractivity contribution is -0.134. The zero-order chi connectivity index (χ0) is 17.2. The largest absolute Gasteiger partial charge is 0.454 e. The molecule has 3 aliphatic rings. The van der Waals surface area contributed by atoms with Crippen molar-refractivity contribution in [1.82, 2.24) is 4.90 Å². The van der Waals surface area contributed by atoms with Crippen LogP contribution in [0.15, 0.2) is 30.9 Å². The smallest absolute Gasteiger partial charge is 0.231 e. The van der Waals surface area contributed by atoms with Crippen LogP contribution in [-0.4, -0.2) is 55.6 Å². The fraction of sp³-hybridized carbons (Fsp3) is 0.526. The molecule has 1 saturated heterocycles. The zero-order valence-electron chi connectivity index (χ0n) is 14.2. The van der Waals surface area contributed by atoms with Gasteiger partial charge in [0.2, 0.25) is 12.7 Å². The highest BCUT2D eigenvalue weighted by molar-refractivity contribution is 5.79. The van der Waals surface area contributed by atoms with E-state index in [-0.39, 0.29) is 30.9 Å². The van der Waals surface area contributed by atoms with Gasteiger partial charge in [0.25, 0.3) is 0 Å². The fourth-order valence-electron chi connectivity index (χ4n) is 3.93. The van der Waals surface area contributed by atoms with Crippen LogP contribution in [-0.2, 0) is 20.7 Å². The highest BCUT2D eigenvalue weighted by Gasteiger charge is 2.44. The highest BCUT2D eigenvalue weighted by atomic mass is 16.7. The predicted octanol–water partition coefficient (Wildman–Crippen LogP) is 1.92. The minimum absolute atomic E-state index is 0.0683. The van der Waals surface area contributed by atoms with Gasteiger partial charge in [0, 0.05) is 6.54 Å². The fourth-order valence-corrected chi connectivity index (χ4v) is 3.93. The molecular formula is C19H23NO5. The first kappa shape index (κ1) is 16.4. The molecule has 0 N–H and O–H groups in total. The maximum atomic E-state index is 13.0. The van der Waals surface area contributed by atoms with Gasteiger partial charge in [-0.3, -0.25) is 4.79 Å². The summed E-state index contributed by atoms with van der Waals surface area (Å²) in [4.78, 5) is 14.9. The first-order valence-electron chi connectivity index (χ1n) is 8.78. The molecule has 4 rings (SSSR count). The van der Waals surface area contributed by atoms with E-state index in [0.717, 1.165) is 24.2 Å². The van der Waals surface area contributed by atoms with E-state index in [2.05, 4.69) is 6.58 Å². The van der Waals surface area contributed by atoms with Gasteiger partial charge >= 0.3 is 0 Å². The summed E-state index contributed by atoms with van der Waals surface area (Å²) in [6.45, 7) is 5.59. The van der Waals surface area contributed by atoms with E-state index in [1.807, 2.05) is 23.1 Å². The Bertz CT molecular complexity index is 661. The summed E-state index contributed by atoms with van der Waals surface area (Å²) in [7, 11) is 0. The van der Waals surface area contributed by atoms with Gasteiger partial charge < -0.3 is 23.8 Å². The standard InChI is InChI=1S/C19H23NO5/c1-2-8-23-19-14-4-6-16(19)22-9-7-20(14)18(21)11-13-3-5-15-17(10-13)25-12-24-15/h2-3,5,10,14,16,19H,1,4,6-9,11-12H2. The SMILES string of the molecule is C=CCOC1C2CCC1N(C(=O)Cc1ccc3c(c1)OCO3)CCO2. The Morgan fingerprint density at radius 2 is 2.20 bits per heavy atom. The Morgan fingerprint density at radius 3 is 3.08 bits per heavy atom. The lowest BCUT2D eigenvalue weighted by Crippen LogP contribution is -2.47. The van der Waals surface area contributed by atoms with Gasteiger partial charge in [-0.1, -0.05) is 12.1 Å². The monoisotopic (exact) mass is 345 g/mol. The second kappa shape index (κ2) is 7.06. The average molecular weight is 345 g/mol. The van der Waals surface area contributed by atoms with E-state index < -0.39 is 0 Å². The number of rotatable bonds is 5. The molecule has 0 spiro atoms. The molecule has 3 atom stereocenters. The molecule has 1 saturated carbocycles. The summed E-state index contributed by atoms with van der Waals surface area (Å²) in [6, 6.07) is 5.74. The number of hydrogen-bond acceptors (Lipinski definition) is 5. The van der Waals surface area contributed by atoms with Crippen LogP contribution in [0.1, 0.15) is 18.4 Å². The number of benzene rings is 1. The van der Waals surface area contributed by atoms with E-state index >= 15 is 0 Å². The first-order chi connectivity index (χ1) is 12.3. The van der Waals surface area contributed by atoms with Crippen LogP contribution in [0.4, 0.5) is 0 Å².